The number of benzene rings is 1. The number of hydrogen-bond acceptors (Lipinski definition) is 2. The van der Waals surface area contributed by atoms with E-state index in [1.165, 1.54) is 0 Å². The molecule has 0 fully saturated rings. The summed E-state index contributed by atoms with van der Waals surface area (Å²) in [5, 5.41) is 0. The van der Waals surface area contributed by atoms with Gasteiger partial charge in [0.2, 0.25) is 0 Å². The lowest BCUT2D eigenvalue weighted by Gasteiger charge is -2.00. The lowest BCUT2D eigenvalue weighted by molar-refractivity contribution is 0.0444. The monoisotopic (exact) mass is 215 g/mol. The van der Waals surface area contributed by atoms with Crippen LogP contribution in [0.25, 0.3) is 0 Å². The van der Waals surface area contributed by atoms with Gasteiger partial charge in [0, 0.05) is 11.5 Å². The highest BCUT2D eigenvalue weighted by Crippen LogP contribution is 2.10. The molecule has 0 unspecified atom stereocenters. The number of rotatable bonds is 3. The van der Waals surface area contributed by atoms with E-state index in [1.807, 2.05) is 24.3 Å². The van der Waals surface area contributed by atoms with Crippen molar-refractivity contribution in [3.63, 3.8) is 0 Å². The first-order valence-electron chi connectivity index (χ1n) is 3.36. The van der Waals surface area contributed by atoms with Gasteiger partial charge in [-0.3, -0.25) is 4.84 Å². The Hall–Kier alpha value is -0.380. The van der Waals surface area contributed by atoms with Crippen molar-refractivity contribution in [1.82, 2.24) is 5.48 Å². The number of nitrogens with one attached hydrogen (secondary N) is 1. The lowest BCUT2D eigenvalue weighted by Crippen LogP contribution is -2.06. The van der Waals surface area contributed by atoms with Gasteiger partial charge in [-0.05, 0) is 17.7 Å². The van der Waals surface area contributed by atoms with Gasteiger partial charge in [0.05, 0.1) is 6.61 Å². The lowest BCUT2D eigenvalue weighted by atomic mass is 10.2. The van der Waals surface area contributed by atoms with Gasteiger partial charge in [0.15, 0.2) is 0 Å². The summed E-state index contributed by atoms with van der Waals surface area (Å²) >= 11 is 3.36. The maximum Gasteiger partial charge on any atom is 0.0932 e. The van der Waals surface area contributed by atoms with Gasteiger partial charge in [0.25, 0.3) is 0 Å². The zero-order chi connectivity index (χ0) is 8.10. The Bertz CT molecular complexity index is 210. The minimum atomic E-state index is 0.601. The normalized spacial score (nSPS) is 10.0. The quantitative estimate of drug-likeness (QED) is 0.781. The molecule has 60 valence electrons. The highest BCUT2D eigenvalue weighted by molar-refractivity contribution is 9.10. The predicted octanol–water partition coefficient (Wildman–Crippen LogP) is 2.10. The molecule has 0 spiro atoms. The number of hydroxylamine groups is 1. The smallest absolute Gasteiger partial charge is 0.0932 e. The SMILES string of the molecule is CNOCc1ccc(Br)cc1. The maximum absolute atomic E-state index is 4.99. The molecule has 1 N–H and O–H groups in total. The molecule has 0 aliphatic carbocycles. The molecule has 0 radical (unpaired) electrons. The molecular weight excluding hydrogens is 206 g/mol. The highest BCUT2D eigenvalue weighted by atomic mass is 79.9. The zero-order valence-corrected chi connectivity index (χ0v) is 7.89. The summed E-state index contributed by atoms with van der Waals surface area (Å²) in [6.45, 7) is 0.601. The molecule has 2 nitrogen and oxygen atoms in total. The van der Waals surface area contributed by atoms with Crippen LogP contribution in [0.15, 0.2) is 28.7 Å². The molecule has 0 heterocycles. The molecule has 0 amide bonds. The summed E-state index contributed by atoms with van der Waals surface area (Å²) in [6, 6.07) is 8.02. The van der Waals surface area contributed by atoms with Gasteiger partial charge < -0.3 is 0 Å². The van der Waals surface area contributed by atoms with Crippen molar-refractivity contribution in [3.05, 3.63) is 34.3 Å². The average molecular weight is 216 g/mol. The molecule has 0 aromatic heterocycles. The number of hydrogen-bond donors (Lipinski definition) is 1. The van der Waals surface area contributed by atoms with Crippen molar-refractivity contribution >= 4 is 15.9 Å². The van der Waals surface area contributed by atoms with E-state index in [0.29, 0.717) is 6.61 Å². The third-order valence-electron chi connectivity index (χ3n) is 1.30. The van der Waals surface area contributed by atoms with E-state index in [2.05, 4.69) is 21.4 Å². The fourth-order valence-electron chi connectivity index (χ4n) is 0.736. The second-order valence-electron chi connectivity index (χ2n) is 2.12. The first-order chi connectivity index (χ1) is 5.33. The molecule has 0 aliphatic rings. The molecule has 0 atom stereocenters. The van der Waals surface area contributed by atoms with E-state index in [4.69, 9.17) is 4.84 Å². The largest absolute Gasteiger partial charge is 0.297 e. The second-order valence-corrected chi connectivity index (χ2v) is 3.03. The third-order valence-corrected chi connectivity index (χ3v) is 1.83. The van der Waals surface area contributed by atoms with Crippen LogP contribution < -0.4 is 5.48 Å². The minimum Gasteiger partial charge on any atom is -0.297 e. The van der Waals surface area contributed by atoms with Gasteiger partial charge >= 0.3 is 0 Å². The Morgan fingerprint density at radius 2 is 2.00 bits per heavy atom. The van der Waals surface area contributed by atoms with Gasteiger partial charge in [-0.25, -0.2) is 5.48 Å². The summed E-state index contributed by atoms with van der Waals surface area (Å²) in [4.78, 5) is 4.99. The van der Waals surface area contributed by atoms with E-state index in [9.17, 15) is 0 Å². The molecule has 0 bridgehead atoms. The van der Waals surface area contributed by atoms with Crippen molar-refractivity contribution in [2.24, 2.45) is 0 Å². The minimum absolute atomic E-state index is 0.601. The van der Waals surface area contributed by atoms with E-state index < -0.39 is 0 Å². The summed E-state index contributed by atoms with van der Waals surface area (Å²) < 4.78 is 1.09. The van der Waals surface area contributed by atoms with E-state index in [0.717, 1.165) is 10.0 Å². The van der Waals surface area contributed by atoms with Crippen LogP contribution in [0.4, 0.5) is 0 Å². The van der Waals surface area contributed by atoms with Crippen molar-refractivity contribution in [2.45, 2.75) is 6.61 Å². The molecule has 1 aromatic carbocycles. The average Bonchev–Trinajstić information content (AvgIpc) is 2.04. The van der Waals surface area contributed by atoms with Crippen molar-refractivity contribution in [2.75, 3.05) is 7.05 Å². The van der Waals surface area contributed by atoms with Crippen LogP contribution in [0.2, 0.25) is 0 Å². The van der Waals surface area contributed by atoms with Crippen molar-refractivity contribution < 1.29 is 4.84 Å². The van der Waals surface area contributed by atoms with Crippen LogP contribution in [-0.2, 0) is 11.4 Å². The predicted molar refractivity (Wildman–Crippen MR) is 48.0 cm³/mol. The molecule has 1 rings (SSSR count). The molecule has 0 aliphatic heterocycles. The first-order valence-corrected chi connectivity index (χ1v) is 4.15. The topological polar surface area (TPSA) is 21.3 Å². The van der Waals surface area contributed by atoms with Crippen LogP contribution >= 0.6 is 15.9 Å². The van der Waals surface area contributed by atoms with Crippen LogP contribution in [0.3, 0.4) is 0 Å². The summed E-state index contributed by atoms with van der Waals surface area (Å²) in [5.41, 5.74) is 3.77. The highest BCUT2D eigenvalue weighted by Gasteiger charge is 1.90. The summed E-state index contributed by atoms with van der Waals surface area (Å²) in [5.74, 6) is 0. The molecule has 11 heavy (non-hydrogen) atoms. The number of halogens is 1. The Morgan fingerprint density at radius 3 is 2.55 bits per heavy atom. The molecule has 1 aromatic rings. The van der Waals surface area contributed by atoms with E-state index in [-0.39, 0.29) is 0 Å². The van der Waals surface area contributed by atoms with Gasteiger partial charge in [-0.15, -0.1) is 0 Å². The molecule has 0 saturated heterocycles. The van der Waals surface area contributed by atoms with E-state index in [1.54, 1.807) is 7.05 Å². The fourth-order valence-corrected chi connectivity index (χ4v) is 1.00. The van der Waals surface area contributed by atoms with E-state index >= 15 is 0 Å². The Kier molecular flexibility index (Phi) is 3.56. The Morgan fingerprint density at radius 1 is 1.36 bits per heavy atom. The Labute approximate surface area is 74.6 Å². The summed E-state index contributed by atoms with van der Waals surface area (Å²) in [6.07, 6.45) is 0. The van der Waals surface area contributed by atoms with Crippen LogP contribution in [0.5, 0.6) is 0 Å². The van der Waals surface area contributed by atoms with Crippen LogP contribution in [-0.4, -0.2) is 7.05 Å². The Balaban J connectivity index is 2.52. The van der Waals surface area contributed by atoms with Crippen molar-refractivity contribution in [3.8, 4) is 0 Å². The first kappa shape index (κ1) is 8.71. The second kappa shape index (κ2) is 4.49. The van der Waals surface area contributed by atoms with Crippen LogP contribution in [0, 0.1) is 0 Å². The van der Waals surface area contributed by atoms with Gasteiger partial charge in [-0.1, -0.05) is 28.1 Å². The third kappa shape index (κ3) is 3.01. The van der Waals surface area contributed by atoms with Crippen molar-refractivity contribution in [1.29, 1.82) is 0 Å². The zero-order valence-electron chi connectivity index (χ0n) is 6.30. The standard InChI is InChI=1S/C8H10BrNO/c1-10-11-6-7-2-4-8(9)5-3-7/h2-5,10H,6H2,1H3. The fraction of sp³-hybridized carbons (Fsp3) is 0.250. The molecule has 0 saturated carbocycles. The summed E-state index contributed by atoms with van der Waals surface area (Å²) in [7, 11) is 1.75. The maximum atomic E-state index is 4.99. The van der Waals surface area contributed by atoms with Crippen LogP contribution in [0.1, 0.15) is 5.56 Å². The van der Waals surface area contributed by atoms with Gasteiger partial charge in [0.1, 0.15) is 0 Å². The molecular formula is C8H10BrNO. The molecule has 3 heteroatoms. The van der Waals surface area contributed by atoms with Gasteiger partial charge in [-0.2, -0.15) is 0 Å².